The van der Waals surface area contributed by atoms with E-state index in [4.69, 9.17) is 21.1 Å². The fourth-order valence-electron chi connectivity index (χ4n) is 3.29. The van der Waals surface area contributed by atoms with Gasteiger partial charge in [0.2, 0.25) is 0 Å². The van der Waals surface area contributed by atoms with Crippen molar-refractivity contribution in [2.24, 2.45) is 5.92 Å². The van der Waals surface area contributed by atoms with E-state index < -0.39 is 0 Å². The van der Waals surface area contributed by atoms with Gasteiger partial charge < -0.3 is 14.6 Å². The minimum Gasteiger partial charge on any atom is -0.392 e. The van der Waals surface area contributed by atoms with Crippen molar-refractivity contribution in [3.63, 3.8) is 0 Å². The highest BCUT2D eigenvalue weighted by Gasteiger charge is 2.42. The van der Waals surface area contributed by atoms with E-state index in [0.29, 0.717) is 18.9 Å². The molecule has 0 saturated carbocycles. The molecule has 1 aromatic carbocycles. The number of hydrogen-bond acceptors (Lipinski definition) is 3. The molecular formula is C16H21ClO3. The maximum absolute atomic E-state index is 10.5. The fraction of sp³-hybridized carbons (Fsp3) is 0.625. The summed E-state index contributed by atoms with van der Waals surface area (Å²) < 4.78 is 11.4. The summed E-state index contributed by atoms with van der Waals surface area (Å²) in [6, 6.07) is 7.72. The number of aliphatic hydroxyl groups is 1. The normalized spacial score (nSPS) is 31.6. The molecule has 1 spiro atoms. The summed E-state index contributed by atoms with van der Waals surface area (Å²) >= 11 is 5.89. The van der Waals surface area contributed by atoms with Crippen LogP contribution in [-0.4, -0.2) is 36.6 Å². The second-order valence-corrected chi connectivity index (χ2v) is 6.42. The Labute approximate surface area is 124 Å². The van der Waals surface area contributed by atoms with Gasteiger partial charge in [-0.05, 0) is 42.9 Å². The van der Waals surface area contributed by atoms with E-state index in [-0.39, 0.29) is 11.7 Å². The zero-order chi connectivity index (χ0) is 14.0. The lowest BCUT2D eigenvalue weighted by molar-refractivity contribution is -0.116. The highest BCUT2D eigenvalue weighted by Crippen LogP contribution is 2.37. The maximum Gasteiger partial charge on any atom is 0.0940 e. The summed E-state index contributed by atoms with van der Waals surface area (Å²) in [6.07, 6.45) is 3.14. The molecule has 20 heavy (non-hydrogen) atoms. The Morgan fingerprint density at radius 3 is 2.80 bits per heavy atom. The lowest BCUT2D eigenvalue weighted by Crippen LogP contribution is -2.44. The lowest BCUT2D eigenvalue weighted by Gasteiger charge is -2.39. The SMILES string of the molecule is OC(Cc1ccc(Cl)cc1)C1CCOC2(CCOC2)C1. The Hall–Kier alpha value is -0.610. The van der Waals surface area contributed by atoms with Crippen LogP contribution >= 0.6 is 11.6 Å². The first-order chi connectivity index (χ1) is 9.67. The van der Waals surface area contributed by atoms with Crippen LogP contribution in [0, 0.1) is 5.92 Å². The number of rotatable bonds is 3. The molecule has 110 valence electrons. The Kier molecular flexibility index (Phi) is 4.32. The average Bonchev–Trinajstić information content (AvgIpc) is 2.89. The standard InChI is InChI=1S/C16H21ClO3/c17-14-3-1-12(2-4-14)9-15(18)13-5-7-20-16(10-13)6-8-19-11-16/h1-4,13,15,18H,5-11H2. The van der Waals surface area contributed by atoms with E-state index in [1.165, 1.54) is 0 Å². The van der Waals surface area contributed by atoms with Crippen LogP contribution in [0.15, 0.2) is 24.3 Å². The van der Waals surface area contributed by atoms with Crippen LogP contribution in [-0.2, 0) is 15.9 Å². The summed E-state index contributed by atoms with van der Waals surface area (Å²) in [5.41, 5.74) is 0.995. The van der Waals surface area contributed by atoms with E-state index in [0.717, 1.165) is 43.1 Å². The van der Waals surface area contributed by atoms with Crippen LogP contribution in [0.5, 0.6) is 0 Å². The Morgan fingerprint density at radius 2 is 2.10 bits per heavy atom. The molecule has 3 nitrogen and oxygen atoms in total. The molecule has 3 rings (SSSR count). The molecular weight excluding hydrogens is 276 g/mol. The second kappa shape index (κ2) is 6.02. The third-order valence-electron chi connectivity index (χ3n) is 4.50. The molecule has 0 aliphatic carbocycles. The topological polar surface area (TPSA) is 38.7 Å². The summed E-state index contributed by atoms with van der Waals surface area (Å²) in [5, 5.41) is 11.2. The van der Waals surface area contributed by atoms with E-state index in [1.54, 1.807) is 0 Å². The fourth-order valence-corrected chi connectivity index (χ4v) is 3.41. The first kappa shape index (κ1) is 14.3. The Balaban J connectivity index is 1.61. The van der Waals surface area contributed by atoms with E-state index >= 15 is 0 Å². The summed E-state index contributed by atoms with van der Waals surface area (Å²) in [4.78, 5) is 0. The van der Waals surface area contributed by atoms with Crippen molar-refractivity contribution >= 4 is 11.6 Å². The van der Waals surface area contributed by atoms with Crippen LogP contribution in [0.1, 0.15) is 24.8 Å². The van der Waals surface area contributed by atoms with E-state index in [1.807, 2.05) is 24.3 Å². The van der Waals surface area contributed by atoms with Crippen LogP contribution in [0.2, 0.25) is 5.02 Å². The van der Waals surface area contributed by atoms with Gasteiger partial charge >= 0.3 is 0 Å². The molecule has 0 aromatic heterocycles. The Morgan fingerprint density at radius 1 is 1.30 bits per heavy atom. The molecule has 2 heterocycles. The van der Waals surface area contributed by atoms with Gasteiger partial charge in [0.1, 0.15) is 0 Å². The van der Waals surface area contributed by atoms with Gasteiger partial charge in [-0.1, -0.05) is 23.7 Å². The van der Waals surface area contributed by atoms with Crippen molar-refractivity contribution in [2.45, 2.75) is 37.4 Å². The van der Waals surface area contributed by atoms with Gasteiger partial charge in [-0.15, -0.1) is 0 Å². The second-order valence-electron chi connectivity index (χ2n) is 5.98. The van der Waals surface area contributed by atoms with Crippen LogP contribution in [0.4, 0.5) is 0 Å². The van der Waals surface area contributed by atoms with Crippen LogP contribution in [0.25, 0.3) is 0 Å². The average molecular weight is 297 g/mol. The van der Waals surface area contributed by atoms with E-state index in [2.05, 4.69) is 0 Å². The molecule has 0 bridgehead atoms. The largest absolute Gasteiger partial charge is 0.392 e. The first-order valence-electron chi connectivity index (χ1n) is 7.31. The van der Waals surface area contributed by atoms with Crippen molar-refractivity contribution < 1.29 is 14.6 Å². The number of ether oxygens (including phenoxy) is 2. The first-order valence-corrected chi connectivity index (χ1v) is 7.69. The molecule has 2 saturated heterocycles. The molecule has 2 fully saturated rings. The van der Waals surface area contributed by atoms with Crippen molar-refractivity contribution in [3.8, 4) is 0 Å². The predicted molar refractivity (Wildman–Crippen MR) is 78.0 cm³/mol. The van der Waals surface area contributed by atoms with E-state index in [9.17, 15) is 5.11 Å². The number of aliphatic hydroxyl groups excluding tert-OH is 1. The molecule has 1 aromatic rings. The number of halogens is 1. The van der Waals surface area contributed by atoms with Gasteiger partial charge in [-0.25, -0.2) is 0 Å². The zero-order valence-electron chi connectivity index (χ0n) is 11.6. The monoisotopic (exact) mass is 296 g/mol. The molecule has 1 N–H and O–H groups in total. The molecule has 3 unspecified atom stereocenters. The third-order valence-corrected chi connectivity index (χ3v) is 4.75. The molecule has 4 heteroatoms. The van der Waals surface area contributed by atoms with Gasteiger partial charge in [-0.3, -0.25) is 0 Å². The van der Waals surface area contributed by atoms with Crippen molar-refractivity contribution in [2.75, 3.05) is 19.8 Å². The maximum atomic E-state index is 10.5. The number of benzene rings is 1. The van der Waals surface area contributed by atoms with Gasteiger partial charge in [0.05, 0.1) is 18.3 Å². The van der Waals surface area contributed by atoms with Crippen LogP contribution in [0.3, 0.4) is 0 Å². The summed E-state index contributed by atoms with van der Waals surface area (Å²) in [7, 11) is 0. The Bertz CT molecular complexity index is 440. The van der Waals surface area contributed by atoms with Crippen LogP contribution < -0.4 is 0 Å². The van der Waals surface area contributed by atoms with Crippen molar-refractivity contribution in [1.29, 1.82) is 0 Å². The molecule has 3 atom stereocenters. The van der Waals surface area contributed by atoms with Gasteiger partial charge in [-0.2, -0.15) is 0 Å². The highest BCUT2D eigenvalue weighted by atomic mass is 35.5. The van der Waals surface area contributed by atoms with Gasteiger partial charge in [0.15, 0.2) is 0 Å². The third kappa shape index (κ3) is 3.17. The minimum absolute atomic E-state index is 0.135. The molecule has 2 aliphatic rings. The smallest absolute Gasteiger partial charge is 0.0940 e. The molecule has 0 amide bonds. The summed E-state index contributed by atoms with van der Waals surface area (Å²) in [6.45, 7) is 2.18. The zero-order valence-corrected chi connectivity index (χ0v) is 12.3. The quantitative estimate of drug-likeness (QED) is 0.932. The number of hydrogen-bond donors (Lipinski definition) is 1. The molecule has 2 aliphatic heterocycles. The minimum atomic E-state index is -0.322. The van der Waals surface area contributed by atoms with Gasteiger partial charge in [0, 0.05) is 24.7 Å². The molecule has 0 radical (unpaired) electrons. The van der Waals surface area contributed by atoms with Crippen molar-refractivity contribution in [1.82, 2.24) is 0 Å². The predicted octanol–water partition coefficient (Wildman–Crippen LogP) is 2.83. The summed E-state index contributed by atoms with van der Waals surface area (Å²) in [5.74, 6) is 0.293. The van der Waals surface area contributed by atoms with Crippen molar-refractivity contribution in [3.05, 3.63) is 34.9 Å². The highest BCUT2D eigenvalue weighted by molar-refractivity contribution is 6.30. The van der Waals surface area contributed by atoms with Gasteiger partial charge in [0.25, 0.3) is 0 Å². The lowest BCUT2D eigenvalue weighted by atomic mass is 9.80.